The maximum Gasteiger partial charge on any atom is 0.318 e. The van der Waals surface area contributed by atoms with Gasteiger partial charge in [-0.15, -0.1) is 11.3 Å². The van der Waals surface area contributed by atoms with Gasteiger partial charge in [-0.05, 0) is 56.4 Å². The number of amides is 1. The number of hydrazone groups is 1. The van der Waals surface area contributed by atoms with Crippen molar-refractivity contribution in [3.05, 3.63) is 94.4 Å². The first kappa shape index (κ1) is 25.7. The molecule has 0 fully saturated rings. The fourth-order valence-corrected chi connectivity index (χ4v) is 5.90. The molecule has 13 nitrogen and oxygen atoms in total. The Labute approximate surface area is 223 Å². The Morgan fingerprint density at radius 3 is 2.54 bits per heavy atom. The highest BCUT2D eigenvalue weighted by atomic mass is 32.1. The molecule has 2 aromatic heterocycles. The molecule has 198 valence electrons. The Kier molecular flexibility index (Phi) is 6.62. The molecule has 5 rings (SSSR count). The molecule has 2 heterocycles. The lowest BCUT2D eigenvalue weighted by Gasteiger charge is -2.12. The predicted molar refractivity (Wildman–Crippen MR) is 143 cm³/mol. The Morgan fingerprint density at radius 2 is 1.85 bits per heavy atom. The molecule has 0 radical (unpaired) electrons. The molecule has 14 heteroatoms. The SMILES string of the molecule is Cc1nc2sc3c(c2c(=O)n1-c1cccc(C(=O)N/N=C/c2cc([N+](=O)[O-])c(O)c([N+](=O)[O-])c2)c1)CCCC3. The number of thiophene rings is 1. The minimum Gasteiger partial charge on any atom is -0.497 e. The zero-order valence-electron chi connectivity index (χ0n) is 20.4. The average molecular weight is 549 g/mol. The van der Waals surface area contributed by atoms with Crippen molar-refractivity contribution in [2.24, 2.45) is 5.10 Å². The Balaban J connectivity index is 1.43. The molecule has 1 aliphatic rings. The van der Waals surface area contributed by atoms with Gasteiger partial charge in [-0.2, -0.15) is 5.10 Å². The molecule has 2 N–H and O–H groups in total. The second-order valence-corrected chi connectivity index (χ2v) is 9.95. The zero-order valence-corrected chi connectivity index (χ0v) is 21.2. The monoisotopic (exact) mass is 548 g/mol. The highest BCUT2D eigenvalue weighted by Crippen LogP contribution is 2.36. The van der Waals surface area contributed by atoms with Crippen LogP contribution in [0.1, 0.15) is 45.0 Å². The lowest BCUT2D eigenvalue weighted by Crippen LogP contribution is -2.23. The van der Waals surface area contributed by atoms with Gasteiger partial charge in [0.1, 0.15) is 10.7 Å². The maximum atomic E-state index is 13.6. The van der Waals surface area contributed by atoms with Crippen LogP contribution in [0.15, 0.2) is 46.3 Å². The van der Waals surface area contributed by atoms with E-state index in [2.05, 4.69) is 15.5 Å². The van der Waals surface area contributed by atoms with E-state index in [-0.39, 0.29) is 16.7 Å². The minimum atomic E-state index is -1.08. The molecule has 0 saturated heterocycles. The van der Waals surface area contributed by atoms with Gasteiger partial charge < -0.3 is 5.11 Å². The number of nitro groups is 2. The van der Waals surface area contributed by atoms with Gasteiger partial charge >= 0.3 is 11.4 Å². The number of nitro benzene ring substituents is 2. The summed E-state index contributed by atoms with van der Waals surface area (Å²) in [5.74, 6) is -1.25. The second-order valence-electron chi connectivity index (χ2n) is 8.86. The van der Waals surface area contributed by atoms with E-state index in [1.165, 1.54) is 21.6 Å². The van der Waals surface area contributed by atoms with Crippen LogP contribution in [0.3, 0.4) is 0 Å². The second kappa shape index (κ2) is 10.1. The van der Waals surface area contributed by atoms with Gasteiger partial charge in [0.15, 0.2) is 0 Å². The molecule has 0 atom stereocenters. The number of aryl methyl sites for hydroxylation is 3. The van der Waals surface area contributed by atoms with E-state index in [1.54, 1.807) is 30.4 Å². The predicted octanol–water partition coefficient (Wildman–Crippen LogP) is 3.92. The van der Waals surface area contributed by atoms with E-state index < -0.39 is 32.9 Å². The smallest absolute Gasteiger partial charge is 0.318 e. The van der Waals surface area contributed by atoms with Crippen LogP contribution in [0.25, 0.3) is 15.9 Å². The van der Waals surface area contributed by atoms with E-state index >= 15 is 0 Å². The van der Waals surface area contributed by atoms with Crippen molar-refractivity contribution in [3.8, 4) is 11.4 Å². The highest BCUT2D eigenvalue weighted by Gasteiger charge is 2.26. The number of benzene rings is 2. The molecule has 1 amide bonds. The molecule has 0 saturated carbocycles. The van der Waals surface area contributed by atoms with Crippen molar-refractivity contribution in [3.63, 3.8) is 0 Å². The lowest BCUT2D eigenvalue weighted by molar-refractivity contribution is -0.396. The summed E-state index contributed by atoms with van der Waals surface area (Å²) >= 11 is 1.56. The van der Waals surface area contributed by atoms with Crippen LogP contribution in [0, 0.1) is 27.2 Å². The average Bonchev–Trinajstić information content (AvgIpc) is 3.27. The van der Waals surface area contributed by atoms with Crippen LogP contribution < -0.4 is 11.0 Å². The van der Waals surface area contributed by atoms with Crippen molar-refractivity contribution < 1.29 is 19.7 Å². The molecule has 1 aliphatic carbocycles. The number of carbonyl (C=O) groups excluding carboxylic acids is 1. The number of fused-ring (bicyclic) bond motifs is 3. The summed E-state index contributed by atoms with van der Waals surface area (Å²) in [6.45, 7) is 1.73. The van der Waals surface area contributed by atoms with Crippen LogP contribution in [-0.4, -0.2) is 36.6 Å². The van der Waals surface area contributed by atoms with Gasteiger partial charge in [0.05, 0.1) is 27.1 Å². The summed E-state index contributed by atoms with van der Waals surface area (Å²) in [6.07, 6.45) is 4.87. The van der Waals surface area contributed by atoms with E-state index in [0.29, 0.717) is 16.9 Å². The number of aromatic nitrogens is 2. The molecule has 39 heavy (non-hydrogen) atoms. The summed E-state index contributed by atoms with van der Waals surface area (Å²) in [7, 11) is 0. The van der Waals surface area contributed by atoms with Gasteiger partial charge in [0.2, 0.25) is 0 Å². The number of phenols is 1. The molecular formula is C25H20N6O7S. The number of hydrogen-bond acceptors (Lipinski definition) is 10. The van der Waals surface area contributed by atoms with Gasteiger partial charge in [-0.3, -0.25) is 34.4 Å². The summed E-state index contributed by atoms with van der Waals surface area (Å²) in [6, 6.07) is 8.11. The quantitative estimate of drug-likeness (QED) is 0.206. The third-order valence-corrected chi connectivity index (χ3v) is 7.57. The molecule has 0 unspecified atom stereocenters. The minimum absolute atomic E-state index is 0.0825. The number of carbonyl (C=O) groups is 1. The summed E-state index contributed by atoms with van der Waals surface area (Å²) in [5, 5.41) is 36.4. The Bertz CT molecular complexity index is 1740. The molecule has 2 aromatic carbocycles. The van der Waals surface area contributed by atoms with Gasteiger partial charge in [0.25, 0.3) is 17.2 Å². The first-order valence-corrected chi connectivity index (χ1v) is 12.6. The lowest BCUT2D eigenvalue weighted by atomic mass is 9.97. The fourth-order valence-electron chi connectivity index (χ4n) is 4.61. The van der Waals surface area contributed by atoms with E-state index in [9.17, 15) is 34.9 Å². The van der Waals surface area contributed by atoms with Crippen LogP contribution in [-0.2, 0) is 12.8 Å². The number of hydrogen-bond donors (Lipinski definition) is 2. The van der Waals surface area contributed by atoms with E-state index in [4.69, 9.17) is 0 Å². The topological polar surface area (TPSA) is 183 Å². The first-order chi connectivity index (χ1) is 18.7. The normalized spacial score (nSPS) is 12.9. The van der Waals surface area contributed by atoms with Crippen LogP contribution in [0.5, 0.6) is 5.75 Å². The van der Waals surface area contributed by atoms with Gasteiger partial charge in [0, 0.05) is 28.1 Å². The largest absolute Gasteiger partial charge is 0.497 e. The number of nitrogens with one attached hydrogen (secondary N) is 1. The Morgan fingerprint density at radius 1 is 1.15 bits per heavy atom. The third kappa shape index (κ3) is 4.72. The summed E-state index contributed by atoms with van der Waals surface area (Å²) in [5.41, 5.74) is 1.92. The third-order valence-electron chi connectivity index (χ3n) is 6.39. The van der Waals surface area contributed by atoms with Crippen LogP contribution in [0.2, 0.25) is 0 Å². The molecule has 0 spiro atoms. The van der Waals surface area contributed by atoms with Crippen molar-refractivity contribution in [2.75, 3.05) is 0 Å². The molecule has 4 aromatic rings. The van der Waals surface area contributed by atoms with E-state index in [1.807, 2.05) is 0 Å². The summed E-state index contributed by atoms with van der Waals surface area (Å²) in [4.78, 5) is 53.2. The molecular weight excluding hydrogens is 528 g/mol. The maximum absolute atomic E-state index is 13.6. The van der Waals surface area contributed by atoms with Crippen molar-refractivity contribution in [1.29, 1.82) is 0 Å². The standard InChI is InChI=1S/C25H20N6O7S/c1-13-27-24-21(17-7-2-3-8-20(17)39-24)25(34)29(13)16-6-4-5-15(11-16)23(33)28-26-12-14-9-18(30(35)36)22(32)19(10-14)31(37)38/h4-6,9-12,32H,2-3,7-8H2,1H3,(H,28,33)/b26-12+. The number of phenolic OH excluding ortho intramolecular Hbond substituents is 1. The highest BCUT2D eigenvalue weighted by molar-refractivity contribution is 7.18. The molecule has 0 aliphatic heterocycles. The van der Waals surface area contributed by atoms with Crippen molar-refractivity contribution in [1.82, 2.24) is 15.0 Å². The van der Waals surface area contributed by atoms with Crippen molar-refractivity contribution >= 4 is 45.0 Å². The number of rotatable bonds is 6. The van der Waals surface area contributed by atoms with Gasteiger partial charge in [-0.25, -0.2) is 10.4 Å². The van der Waals surface area contributed by atoms with Crippen molar-refractivity contribution in [2.45, 2.75) is 32.6 Å². The fraction of sp³-hybridized carbons (Fsp3) is 0.200. The van der Waals surface area contributed by atoms with Gasteiger partial charge in [-0.1, -0.05) is 6.07 Å². The Hall–Kier alpha value is -4.98. The first-order valence-electron chi connectivity index (χ1n) is 11.8. The molecule has 0 bridgehead atoms. The number of aromatic hydroxyl groups is 1. The van der Waals surface area contributed by atoms with E-state index in [0.717, 1.165) is 54.4 Å². The number of nitrogens with zero attached hydrogens (tertiary/aromatic N) is 5. The summed E-state index contributed by atoms with van der Waals surface area (Å²) < 4.78 is 1.47. The van der Waals surface area contributed by atoms with Crippen LogP contribution in [0.4, 0.5) is 11.4 Å². The zero-order chi connectivity index (χ0) is 27.8. The van der Waals surface area contributed by atoms with Crippen LogP contribution >= 0.6 is 11.3 Å².